The number of nitrogens with zero attached hydrogens (tertiary/aromatic N) is 3. The fourth-order valence-corrected chi connectivity index (χ4v) is 3.58. The van der Waals surface area contributed by atoms with Gasteiger partial charge < -0.3 is 9.88 Å². The smallest absolute Gasteiger partial charge is 0.150 e. The van der Waals surface area contributed by atoms with Gasteiger partial charge in [0.2, 0.25) is 0 Å². The molecule has 0 amide bonds. The van der Waals surface area contributed by atoms with Gasteiger partial charge in [0.15, 0.2) is 5.82 Å². The normalized spacial score (nSPS) is 37.9. The highest BCUT2D eigenvalue weighted by Gasteiger charge is 2.42. The Hall–Kier alpha value is -0.900. The van der Waals surface area contributed by atoms with Crippen molar-refractivity contribution in [2.45, 2.75) is 44.2 Å². The van der Waals surface area contributed by atoms with Crippen LogP contribution >= 0.6 is 0 Å². The van der Waals surface area contributed by atoms with E-state index in [1.54, 1.807) is 0 Å². The van der Waals surface area contributed by atoms with Crippen molar-refractivity contribution in [2.75, 3.05) is 6.54 Å². The van der Waals surface area contributed by atoms with E-state index in [4.69, 9.17) is 0 Å². The zero-order chi connectivity index (χ0) is 10.5. The summed E-state index contributed by atoms with van der Waals surface area (Å²) in [5, 5.41) is 12.1. The van der Waals surface area contributed by atoms with Crippen LogP contribution in [0.25, 0.3) is 0 Å². The molecule has 4 rings (SSSR count). The fourth-order valence-electron chi connectivity index (χ4n) is 3.58. The summed E-state index contributed by atoms with van der Waals surface area (Å²) in [5.74, 6) is 2.92. The van der Waals surface area contributed by atoms with E-state index in [1.165, 1.54) is 44.5 Å². The van der Waals surface area contributed by atoms with Crippen LogP contribution in [0.2, 0.25) is 0 Å². The number of hydrogen-bond acceptors (Lipinski definition) is 3. The van der Waals surface area contributed by atoms with Crippen molar-refractivity contribution < 1.29 is 0 Å². The van der Waals surface area contributed by atoms with Gasteiger partial charge in [-0.25, -0.2) is 0 Å². The molecule has 2 saturated carbocycles. The molecule has 0 bridgehead atoms. The van der Waals surface area contributed by atoms with Crippen LogP contribution in [0.1, 0.15) is 50.0 Å². The van der Waals surface area contributed by atoms with Crippen LogP contribution in [0.5, 0.6) is 0 Å². The number of nitrogens with one attached hydrogen (secondary N) is 1. The summed E-state index contributed by atoms with van der Waals surface area (Å²) in [7, 11) is 0. The van der Waals surface area contributed by atoms with Crippen LogP contribution in [0, 0.1) is 11.8 Å². The molecule has 4 nitrogen and oxygen atoms in total. The number of rotatable bonds is 2. The maximum absolute atomic E-state index is 4.37. The third-order valence-corrected chi connectivity index (χ3v) is 4.57. The van der Waals surface area contributed by atoms with Gasteiger partial charge in [0, 0.05) is 6.04 Å². The van der Waals surface area contributed by atoms with Crippen LogP contribution in [-0.2, 0) is 0 Å². The third kappa shape index (κ3) is 1.25. The zero-order valence-electron chi connectivity index (χ0n) is 9.47. The molecule has 3 aliphatic rings. The SMILES string of the molecule is c1nnc(C2NCC3CCCC32)n1C1CC1. The Balaban J connectivity index is 1.66. The molecule has 1 aromatic rings. The van der Waals surface area contributed by atoms with Crippen LogP contribution in [0.3, 0.4) is 0 Å². The standard InChI is InChI=1S/C12H18N4/c1-2-8-6-13-11(10(8)3-1)12-15-14-7-16(12)9-4-5-9/h7-11,13H,1-6H2. The van der Waals surface area contributed by atoms with E-state index < -0.39 is 0 Å². The average molecular weight is 218 g/mol. The van der Waals surface area contributed by atoms with Gasteiger partial charge in [-0.3, -0.25) is 0 Å². The maximum Gasteiger partial charge on any atom is 0.150 e. The number of hydrogen-bond donors (Lipinski definition) is 1. The van der Waals surface area contributed by atoms with Crippen molar-refractivity contribution in [1.82, 2.24) is 20.1 Å². The number of aromatic nitrogens is 3. The Kier molecular flexibility index (Phi) is 1.89. The van der Waals surface area contributed by atoms with E-state index in [1.807, 2.05) is 6.33 Å². The first-order valence-electron chi connectivity index (χ1n) is 6.56. The highest BCUT2D eigenvalue weighted by molar-refractivity contribution is 5.08. The summed E-state index contributed by atoms with van der Waals surface area (Å²) in [4.78, 5) is 0. The predicted octanol–water partition coefficient (Wildman–Crippen LogP) is 1.67. The first-order chi connectivity index (χ1) is 7.93. The molecule has 2 heterocycles. The molecule has 3 atom stereocenters. The second kappa shape index (κ2) is 3.29. The number of fused-ring (bicyclic) bond motifs is 1. The van der Waals surface area contributed by atoms with Gasteiger partial charge in [-0.15, -0.1) is 10.2 Å². The van der Waals surface area contributed by atoms with Crippen LogP contribution in [0.15, 0.2) is 6.33 Å². The molecule has 2 aliphatic carbocycles. The molecule has 1 N–H and O–H groups in total. The quantitative estimate of drug-likeness (QED) is 0.821. The summed E-state index contributed by atoms with van der Waals surface area (Å²) < 4.78 is 2.32. The lowest BCUT2D eigenvalue weighted by atomic mass is 9.93. The molecule has 3 unspecified atom stereocenters. The first-order valence-corrected chi connectivity index (χ1v) is 6.56. The molecule has 16 heavy (non-hydrogen) atoms. The lowest BCUT2D eigenvalue weighted by Crippen LogP contribution is -2.21. The lowest BCUT2D eigenvalue weighted by molar-refractivity contribution is 0.395. The first kappa shape index (κ1) is 9.16. The van der Waals surface area contributed by atoms with Crippen molar-refractivity contribution in [2.24, 2.45) is 11.8 Å². The zero-order valence-corrected chi connectivity index (χ0v) is 9.47. The highest BCUT2D eigenvalue weighted by atomic mass is 15.3. The van der Waals surface area contributed by atoms with E-state index in [-0.39, 0.29) is 0 Å². The fraction of sp³-hybridized carbons (Fsp3) is 0.833. The van der Waals surface area contributed by atoms with Crippen molar-refractivity contribution in [3.05, 3.63) is 12.2 Å². The molecule has 0 spiro atoms. The van der Waals surface area contributed by atoms with E-state index in [9.17, 15) is 0 Å². The molecule has 0 aromatic carbocycles. The largest absolute Gasteiger partial charge is 0.313 e. The molecule has 1 saturated heterocycles. The topological polar surface area (TPSA) is 42.7 Å². The van der Waals surface area contributed by atoms with Crippen molar-refractivity contribution in [1.29, 1.82) is 0 Å². The Bertz CT molecular complexity index is 395. The summed E-state index contributed by atoms with van der Waals surface area (Å²) in [6.45, 7) is 1.19. The Morgan fingerprint density at radius 2 is 2.19 bits per heavy atom. The highest BCUT2D eigenvalue weighted by Crippen LogP contribution is 2.45. The van der Waals surface area contributed by atoms with Gasteiger partial charge in [0.25, 0.3) is 0 Å². The van der Waals surface area contributed by atoms with Gasteiger partial charge in [-0.1, -0.05) is 6.42 Å². The van der Waals surface area contributed by atoms with Gasteiger partial charge in [-0.05, 0) is 44.1 Å². The molecular weight excluding hydrogens is 200 g/mol. The second-order valence-corrected chi connectivity index (χ2v) is 5.57. The molecule has 1 aliphatic heterocycles. The van der Waals surface area contributed by atoms with Crippen LogP contribution < -0.4 is 5.32 Å². The monoisotopic (exact) mass is 218 g/mol. The average Bonchev–Trinajstić information content (AvgIpc) is 2.76. The lowest BCUT2D eigenvalue weighted by Gasteiger charge is -2.18. The third-order valence-electron chi connectivity index (χ3n) is 4.57. The van der Waals surface area contributed by atoms with Gasteiger partial charge in [-0.2, -0.15) is 0 Å². The van der Waals surface area contributed by atoms with Crippen molar-refractivity contribution in [3.63, 3.8) is 0 Å². The van der Waals surface area contributed by atoms with Crippen LogP contribution in [-0.4, -0.2) is 21.3 Å². The Morgan fingerprint density at radius 1 is 1.25 bits per heavy atom. The molecule has 0 radical (unpaired) electrons. The van der Waals surface area contributed by atoms with E-state index in [0.717, 1.165) is 11.8 Å². The minimum atomic E-state index is 0.482. The molecule has 86 valence electrons. The summed E-state index contributed by atoms with van der Waals surface area (Å²) >= 11 is 0. The molecule has 3 fully saturated rings. The summed E-state index contributed by atoms with van der Waals surface area (Å²) in [6.07, 6.45) is 8.74. The summed E-state index contributed by atoms with van der Waals surface area (Å²) in [6, 6.07) is 1.18. The summed E-state index contributed by atoms with van der Waals surface area (Å²) in [5.41, 5.74) is 0. The maximum atomic E-state index is 4.37. The van der Waals surface area contributed by atoms with Gasteiger partial charge >= 0.3 is 0 Å². The molecule has 1 aromatic heterocycles. The van der Waals surface area contributed by atoms with Crippen molar-refractivity contribution >= 4 is 0 Å². The predicted molar refractivity (Wildman–Crippen MR) is 59.9 cm³/mol. The van der Waals surface area contributed by atoms with Gasteiger partial charge in [0.1, 0.15) is 6.33 Å². The van der Waals surface area contributed by atoms with Crippen molar-refractivity contribution in [3.8, 4) is 0 Å². The van der Waals surface area contributed by atoms with E-state index >= 15 is 0 Å². The minimum Gasteiger partial charge on any atom is -0.313 e. The second-order valence-electron chi connectivity index (χ2n) is 5.57. The Morgan fingerprint density at radius 3 is 3.06 bits per heavy atom. The molecule has 4 heteroatoms. The Labute approximate surface area is 95.4 Å². The van der Waals surface area contributed by atoms with E-state index in [2.05, 4.69) is 20.1 Å². The molecular formula is C12H18N4. The van der Waals surface area contributed by atoms with Gasteiger partial charge in [0.05, 0.1) is 6.04 Å². The minimum absolute atomic E-state index is 0.482. The van der Waals surface area contributed by atoms with E-state index in [0.29, 0.717) is 12.1 Å². The van der Waals surface area contributed by atoms with Crippen LogP contribution in [0.4, 0.5) is 0 Å².